The summed E-state index contributed by atoms with van der Waals surface area (Å²) in [4.78, 5) is 5.59. The Kier molecular flexibility index (Phi) is 6.29. The third-order valence-electron chi connectivity index (χ3n) is 4.87. The van der Waals surface area contributed by atoms with Crippen LogP contribution in [0.3, 0.4) is 0 Å². The molecule has 0 unspecified atom stereocenters. The van der Waals surface area contributed by atoms with Crippen LogP contribution < -0.4 is 4.80 Å². The molecule has 0 aliphatic heterocycles. The fourth-order valence-corrected chi connectivity index (χ4v) is 4.12. The molecule has 0 spiro atoms. The van der Waals surface area contributed by atoms with E-state index in [-0.39, 0.29) is 11.5 Å². The molecular weight excluding hydrogens is 406 g/mol. The van der Waals surface area contributed by atoms with Gasteiger partial charge in [0.25, 0.3) is 0 Å². The van der Waals surface area contributed by atoms with Crippen LogP contribution in [-0.4, -0.2) is 27.1 Å². The summed E-state index contributed by atoms with van der Waals surface area (Å²) in [5, 5.41) is 26.7. The van der Waals surface area contributed by atoms with Crippen molar-refractivity contribution in [2.45, 2.75) is 13.3 Å². The Bertz CT molecular complexity index is 1260. The Morgan fingerprint density at radius 1 is 0.935 bits per heavy atom. The molecule has 0 fully saturated rings. The minimum Gasteiger partial charge on any atom is -0.508 e. The first-order valence-corrected chi connectivity index (χ1v) is 10.9. The van der Waals surface area contributed by atoms with E-state index in [9.17, 15) is 10.2 Å². The number of nitrogens with zero attached hydrogens (tertiary/aromatic N) is 3. The molecule has 31 heavy (non-hydrogen) atoms. The summed E-state index contributed by atoms with van der Waals surface area (Å²) < 4.78 is 1.83. The first-order valence-electron chi connectivity index (χ1n) is 10.00. The molecule has 5 nitrogen and oxygen atoms in total. The Labute approximate surface area is 184 Å². The Morgan fingerprint density at radius 2 is 1.65 bits per heavy atom. The summed E-state index contributed by atoms with van der Waals surface area (Å²) in [5.41, 5.74) is 4.39. The summed E-state index contributed by atoms with van der Waals surface area (Å²) in [6.45, 7) is 2.48. The molecular formula is C25H23N3O2S. The first kappa shape index (κ1) is 20.6. The van der Waals surface area contributed by atoms with Crippen molar-refractivity contribution in [1.82, 2.24) is 4.68 Å². The summed E-state index contributed by atoms with van der Waals surface area (Å²) >= 11 is 1.54. The lowest BCUT2D eigenvalue weighted by atomic mass is 10.1. The number of thiazole rings is 1. The third kappa shape index (κ3) is 4.92. The standard InChI is InChI=1S/C25H23N3O2S/c1-18(22-13-12-21(29)16-24(22)30)27-28-23(20-10-6-3-7-11-20)17-31-25(28)26-15-14-19-8-4-2-5-9-19/h2-13,16-17,29-30H,14-15H2,1H3. The van der Waals surface area contributed by atoms with Gasteiger partial charge in [-0.25, -0.2) is 4.68 Å². The monoisotopic (exact) mass is 429 g/mol. The molecule has 0 bridgehead atoms. The lowest BCUT2D eigenvalue weighted by molar-refractivity contribution is 0.450. The quantitative estimate of drug-likeness (QED) is 0.422. The van der Waals surface area contributed by atoms with Gasteiger partial charge in [-0.2, -0.15) is 5.10 Å². The Morgan fingerprint density at radius 3 is 2.35 bits per heavy atom. The van der Waals surface area contributed by atoms with Gasteiger partial charge in [-0.05, 0) is 31.0 Å². The minimum absolute atomic E-state index is 0.0128. The number of hydrogen-bond donors (Lipinski definition) is 2. The van der Waals surface area contributed by atoms with Gasteiger partial charge in [0, 0.05) is 29.1 Å². The van der Waals surface area contributed by atoms with Crippen molar-refractivity contribution >= 4 is 17.0 Å². The van der Waals surface area contributed by atoms with Gasteiger partial charge in [0.2, 0.25) is 4.80 Å². The van der Waals surface area contributed by atoms with Crippen LogP contribution in [0.2, 0.25) is 0 Å². The second-order valence-electron chi connectivity index (χ2n) is 7.09. The normalized spacial score (nSPS) is 12.3. The SMILES string of the molecule is CC(=Nn1c(-c2ccccc2)csc1=NCCc1ccccc1)c1ccc(O)cc1O. The summed E-state index contributed by atoms with van der Waals surface area (Å²) in [6, 6.07) is 24.8. The highest BCUT2D eigenvalue weighted by molar-refractivity contribution is 7.07. The van der Waals surface area contributed by atoms with Crippen LogP contribution in [0.15, 0.2) is 94.3 Å². The van der Waals surface area contributed by atoms with E-state index in [1.807, 2.05) is 65.5 Å². The van der Waals surface area contributed by atoms with Crippen LogP contribution in [0.5, 0.6) is 11.5 Å². The van der Waals surface area contributed by atoms with E-state index < -0.39 is 0 Å². The smallest absolute Gasteiger partial charge is 0.206 e. The lowest BCUT2D eigenvalue weighted by Crippen LogP contribution is -2.15. The van der Waals surface area contributed by atoms with Gasteiger partial charge in [-0.15, -0.1) is 11.3 Å². The summed E-state index contributed by atoms with van der Waals surface area (Å²) in [6.07, 6.45) is 0.848. The number of phenols is 2. The predicted octanol–water partition coefficient (Wildman–Crippen LogP) is 5.04. The predicted molar refractivity (Wildman–Crippen MR) is 126 cm³/mol. The molecule has 156 valence electrons. The maximum Gasteiger partial charge on any atom is 0.206 e. The zero-order valence-corrected chi connectivity index (χ0v) is 18.0. The van der Waals surface area contributed by atoms with Crippen LogP contribution in [0.1, 0.15) is 18.1 Å². The zero-order chi connectivity index (χ0) is 21.6. The highest BCUT2D eigenvalue weighted by Gasteiger charge is 2.11. The molecule has 4 aromatic rings. The van der Waals surface area contributed by atoms with E-state index in [0.717, 1.165) is 22.5 Å². The van der Waals surface area contributed by atoms with Gasteiger partial charge in [0.1, 0.15) is 11.5 Å². The molecule has 1 aromatic heterocycles. The van der Waals surface area contributed by atoms with Gasteiger partial charge < -0.3 is 10.2 Å². The molecule has 0 radical (unpaired) electrons. The molecule has 4 rings (SSSR count). The van der Waals surface area contributed by atoms with Crippen LogP contribution in [0, 0.1) is 0 Å². The molecule has 2 N–H and O–H groups in total. The highest BCUT2D eigenvalue weighted by atomic mass is 32.1. The van der Waals surface area contributed by atoms with Crippen molar-refractivity contribution in [2.24, 2.45) is 10.1 Å². The summed E-state index contributed by atoms with van der Waals surface area (Å²) in [5.74, 6) is -0.000260. The average molecular weight is 430 g/mol. The zero-order valence-electron chi connectivity index (χ0n) is 17.1. The van der Waals surface area contributed by atoms with Gasteiger partial charge in [-0.3, -0.25) is 4.99 Å². The van der Waals surface area contributed by atoms with Crippen molar-refractivity contribution in [3.63, 3.8) is 0 Å². The van der Waals surface area contributed by atoms with Gasteiger partial charge in [0.15, 0.2) is 0 Å². The molecule has 0 saturated carbocycles. The molecule has 0 aliphatic carbocycles. The van der Waals surface area contributed by atoms with E-state index in [0.29, 0.717) is 17.8 Å². The third-order valence-corrected chi connectivity index (χ3v) is 5.72. The van der Waals surface area contributed by atoms with Crippen molar-refractivity contribution in [2.75, 3.05) is 6.54 Å². The number of hydrogen-bond acceptors (Lipinski definition) is 5. The largest absolute Gasteiger partial charge is 0.508 e. The van der Waals surface area contributed by atoms with Crippen molar-refractivity contribution in [3.05, 3.63) is 100 Å². The number of rotatable bonds is 6. The van der Waals surface area contributed by atoms with Crippen LogP contribution >= 0.6 is 11.3 Å². The molecule has 0 atom stereocenters. The second kappa shape index (κ2) is 9.45. The minimum atomic E-state index is -0.0130. The van der Waals surface area contributed by atoms with E-state index in [1.54, 1.807) is 6.07 Å². The molecule has 1 heterocycles. The van der Waals surface area contributed by atoms with Gasteiger partial charge >= 0.3 is 0 Å². The lowest BCUT2D eigenvalue weighted by Gasteiger charge is -2.08. The molecule has 0 amide bonds. The van der Waals surface area contributed by atoms with Crippen molar-refractivity contribution in [1.29, 1.82) is 0 Å². The maximum atomic E-state index is 10.2. The van der Waals surface area contributed by atoms with Crippen LogP contribution in [0.25, 0.3) is 11.3 Å². The Balaban J connectivity index is 1.74. The fourth-order valence-electron chi connectivity index (χ4n) is 3.27. The van der Waals surface area contributed by atoms with Gasteiger partial charge in [-0.1, -0.05) is 60.7 Å². The number of benzene rings is 3. The molecule has 0 aliphatic rings. The van der Waals surface area contributed by atoms with E-state index in [2.05, 4.69) is 12.1 Å². The molecule has 0 saturated heterocycles. The number of aromatic hydroxyl groups is 2. The first-order chi connectivity index (χ1) is 15.1. The van der Waals surface area contributed by atoms with E-state index in [4.69, 9.17) is 10.1 Å². The average Bonchev–Trinajstić information content (AvgIpc) is 3.17. The second-order valence-corrected chi connectivity index (χ2v) is 7.92. The van der Waals surface area contributed by atoms with Crippen LogP contribution in [0.4, 0.5) is 0 Å². The summed E-state index contributed by atoms with van der Waals surface area (Å²) in [7, 11) is 0. The highest BCUT2D eigenvalue weighted by Crippen LogP contribution is 2.24. The van der Waals surface area contributed by atoms with Crippen molar-refractivity contribution in [3.8, 4) is 22.8 Å². The van der Waals surface area contributed by atoms with E-state index in [1.165, 1.54) is 29.0 Å². The van der Waals surface area contributed by atoms with E-state index >= 15 is 0 Å². The maximum absolute atomic E-state index is 10.2. The fraction of sp³-hybridized carbons (Fsp3) is 0.120. The Hall–Kier alpha value is -3.64. The molecule has 6 heteroatoms. The topological polar surface area (TPSA) is 70.1 Å². The number of phenolic OH excluding ortho intramolecular Hbond substituents is 2. The van der Waals surface area contributed by atoms with Crippen molar-refractivity contribution < 1.29 is 10.2 Å². The van der Waals surface area contributed by atoms with Crippen LogP contribution in [-0.2, 0) is 6.42 Å². The molecule has 3 aromatic carbocycles. The number of aromatic nitrogens is 1. The van der Waals surface area contributed by atoms with Gasteiger partial charge in [0.05, 0.1) is 11.4 Å².